The predicted molar refractivity (Wildman–Crippen MR) is 61.9 cm³/mol. The third-order valence-electron chi connectivity index (χ3n) is 4.08. The highest BCUT2D eigenvalue weighted by molar-refractivity contribution is 6.00. The third-order valence-corrected chi connectivity index (χ3v) is 4.08. The van der Waals surface area contributed by atoms with Crippen molar-refractivity contribution in [3.05, 3.63) is 0 Å². The zero-order valence-corrected chi connectivity index (χ0v) is 10.9. The first kappa shape index (κ1) is 13.2. The number of carbonyl (C=O) groups is 2. The Labute approximate surface area is 97.5 Å². The van der Waals surface area contributed by atoms with Gasteiger partial charge in [0.15, 0.2) is 0 Å². The van der Waals surface area contributed by atoms with E-state index in [9.17, 15) is 9.59 Å². The summed E-state index contributed by atoms with van der Waals surface area (Å²) < 4.78 is 4.97. The summed E-state index contributed by atoms with van der Waals surface area (Å²) in [6, 6.07) is 0. The van der Waals surface area contributed by atoms with Crippen LogP contribution in [0.1, 0.15) is 41.0 Å². The van der Waals surface area contributed by atoms with Crippen molar-refractivity contribution < 1.29 is 14.3 Å². The molecular formula is C13H22O3. The Hall–Kier alpha value is -0.860. The van der Waals surface area contributed by atoms with Gasteiger partial charge in [0.2, 0.25) is 0 Å². The van der Waals surface area contributed by atoms with Gasteiger partial charge in [0, 0.05) is 5.92 Å². The molecule has 0 radical (unpaired) electrons. The number of esters is 1. The Bertz CT molecular complexity index is 294. The molecule has 1 aliphatic rings. The van der Waals surface area contributed by atoms with Crippen molar-refractivity contribution in [2.45, 2.75) is 41.0 Å². The van der Waals surface area contributed by atoms with E-state index in [2.05, 4.69) is 20.8 Å². The van der Waals surface area contributed by atoms with Gasteiger partial charge in [-0.25, -0.2) is 0 Å². The van der Waals surface area contributed by atoms with E-state index in [-0.39, 0.29) is 23.1 Å². The molecule has 3 heteroatoms. The summed E-state index contributed by atoms with van der Waals surface area (Å²) >= 11 is 0. The summed E-state index contributed by atoms with van der Waals surface area (Å²) in [4.78, 5) is 23.7. The maximum atomic E-state index is 12.0. The number of ether oxygens (including phenoxy) is 1. The van der Waals surface area contributed by atoms with E-state index in [1.165, 1.54) is 0 Å². The van der Waals surface area contributed by atoms with Crippen LogP contribution >= 0.6 is 0 Å². The second-order valence-corrected chi connectivity index (χ2v) is 5.48. The van der Waals surface area contributed by atoms with Gasteiger partial charge in [-0.1, -0.05) is 27.7 Å². The quantitative estimate of drug-likeness (QED) is 0.536. The van der Waals surface area contributed by atoms with Crippen LogP contribution in [0, 0.1) is 23.2 Å². The molecule has 1 fully saturated rings. The summed E-state index contributed by atoms with van der Waals surface area (Å²) in [5, 5.41) is 0. The van der Waals surface area contributed by atoms with E-state index in [0.717, 1.165) is 0 Å². The molecule has 16 heavy (non-hydrogen) atoms. The molecule has 0 bridgehead atoms. The molecule has 0 amide bonds. The van der Waals surface area contributed by atoms with Gasteiger partial charge in [-0.3, -0.25) is 9.59 Å². The van der Waals surface area contributed by atoms with Crippen LogP contribution in [0.4, 0.5) is 0 Å². The topological polar surface area (TPSA) is 43.4 Å². The zero-order valence-electron chi connectivity index (χ0n) is 10.9. The first-order valence-electron chi connectivity index (χ1n) is 6.01. The highest BCUT2D eigenvalue weighted by Gasteiger charge is 2.47. The van der Waals surface area contributed by atoms with Crippen LogP contribution < -0.4 is 0 Å². The van der Waals surface area contributed by atoms with Crippen molar-refractivity contribution >= 4 is 11.8 Å². The van der Waals surface area contributed by atoms with Crippen molar-refractivity contribution in [3.8, 4) is 0 Å². The highest BCUT2D eigenvalue weighted by Crippen LogP contribution is 2.44. The van der Waals surface area contributed by atoms with Gasteiger partial charge in [-0.15, -0.1) is 0 Å². The van der Waals surface area contributed by atoms with Gasteiger partial charge in [0.05, 0.1) is 6.61 Å². The molecule has 0 aliphatic heterocycles. The smallest absolute Gasteiger partial charge is 0.316 e. The molecule has 1 rings (SSSR count). The van der Waals surface area contributed by atoms with Crippen molar-refractivity contribution in [1.29, 1.82) is 0 Å². The number of carbonyl (C=O) groups excluding carboxylic acids is 2. The first-order chi connectivity index (χ1) is 7.31. The lowest BCUT2D eigenvalue weighted by molar-refractivity contribution is -0.158. The molecule has 92 valence electrons. The normalized spacial score (nSPS) is 33.6. The molecule has 0 heterocycles. The van der Waals surface area contributed by atoms with Crippen LogP contribution in [0.5, 0.6) is 0 Å². The first-order valence-corrected chi connectivity index (χ1v) is 6.01. The van der Waals surface area contributed by atoms with Crippen molar-refractivity contribution in [1.82, 2.24) is 0 Å². The number of ketones is 1. The van der Waals surface area contributed by atoms with E-state index in [4.69, 9.17) is 4.74 Å². The lowest BCUT2D eigenvalue weighted by Gasteiger charge is -2.42. The van der Waals surface area contributed by atoms with Gasteiger partial charge < -0.3 is 4.74 Å². The second-order valence-electron chi connectivity index (χ2n) is 5.48. The van der Waals surface area contributed by atoms with Crippen LogP contribution in [0.15, 0.2) is 0 Å². The summed E-state index contributed by atoms with van der Waals surface area (Å²) in [5.41, 5.74) is 0.0186. The summed E-state index contributed by atoms with van der Waals surface area (Å²) in [7, 11) is 0. The fourth-order valence-corrected chi connectivity index (χ4v) is 2.50. The van der Waals surface area contributed by atoms with E-state index in [1.807, 2.05) is 6.92 Å². The van der Waals surface area contributed by atoms with Gasteiger partial charge >= 0.3 is 5.97 Å². The van der Waals surface area contributed by atoms with Crippen LogP contribution in [0.3, 0.4) is 0 Å². The molecule has 0 spiro atoms. The second kappa shape index (κ2) is 4.56. The van der Waals surface area contributed by atoms with Crippen molar-refractivity contribution in [2.24, 2.45) is 23.2 Å². The standard InChI is InChI=1S/C13H22O3/c1-6-16-12(15)10-7-13(4,5)9(3)8(2)11(10)14/h8-10H,6-7H2,1-5H3. The minimum absolute atomic E-state index is 0.0186. The van der Waals surface area contributed by atoms with E-state index >= 15 is 0 Å². The summed E-state index contributed by atoms with van der Waals surface area (Å²) in [6.07, 6.45) is 0.607. The Morgan fingerprint density at radius 2 is 2.00 bits per heavy atom. The molecule has 3 unspecified atom stereocenters. The maximum absolute atomic E-state index is 12.0. The number of Topliss-reactive ketones (excluding diaryl/α,β-unsaturated/α-hetero) is 1. The van der Waals surface area contributed by atoms with E-state index in [0.29, 0.717) is 18.9 Å². The predicted octanol–water partition coefficient (Wildman–Crippen LogP) is 2.44. The fraction of sp³-hybridized carbons (Fsp3) is 0.846. The molecule has 3 nitrogen and oxygen atoms in total. The molecular weight excluding hydrogens is 204 g/mol. The summed E-state index contributed by atoms with van der Waals surface area (Å²) in [5.74, 6) is -0.602. The Morgan fingerprint density at radius 3 is 2.50 bits per heavy atom. The highest BCUT2D eigenvalue weighted by atomic mass is 16.5. The molecule has 0 saturated heterocycles. The van der Waals surface area contributed by atoms with Gasteiger partial charge in [0.25, 0.3) is 0 Å². The SMILES string of the molecule is CCOC(=O)C1CC(C)(C)C(C)C(C)C1=O. The van der Waals surface area contributed by atoms with Crippen molar-refractivity contribution in [2.75, 3.05) is 6.61 Å². The third kappa shape index (κ3) is 2.28. The maximum Gasteiger partial charge on any atom is 0.316 e. The Kier molecular flexibility index (Phi) is 3.76. The van der Waals surface area contributed by atoms with Crippen LogP contribution in [0.2, 0.25) is 0 Å². The van der Waals surface area contributed by atoms with Gasteiger partial charge in [-0.05, 0) is 24.7 Å². The number of rotatable bonds is 2. The van der Waals surface area contributed by atoms with Crippen LogP contribution in [-0.2, 0) is 14.3 Å². The number of hydrogen-bond donors (Lipinski definition) is 0. The minimum Gasteiger partial charge on any atom is -0.465 e. The largest absolute Gasteiger partial charge is 0.465 e. The molecule has 3 atom stereocenters. The average molecular weight is 226 g/mol. The fourth-order valence-electron chi connectivity index (χ4n) is 2.50. The lowest BCUT2D eigenvalue weighted by atomic mass is 9.61. The Balaban J connectivity index is 2.88. The molecule has 1 saturated carbocycles. The Morgan fingerprint density at radius 1 is 1.44 bits per heavy atom. The zero-order chi connectivity index (χ0) is 12.5. The minimum atomic E-state index is -0.554. The van der Waals surface area contributed by atoms with Gasteiger partial charge in [0.1, 0.15) is 11.7 Å². The summed E-state index contributed by atoms with van der Waals surface area (Å²) in [6.45, 7) is 10.3. The average Bonchev–Trinajstić information content (AvgIpc) is 2.21. The van der Waals surface area contributed by atoms with Crippen LogP contribution in [0.25, 0.3) is 0 Å². The van der Waals surface area contributed by atoms with Crippen LogP contribution in [-0.4, -0.2) is 18.4 Å². The molecule has 0 N–H and O–H groups in total. The molecule has 0 aromatic heterocycles. The van der Waals surface area contributed by atoms with E-state index < -0.39 is 5.92 Å². The molecule has 1 aliphatic carbocycles. The monoisotopic (exact) mass is 226 g/mol. The van der Waals surface area contributed by atoms with E-state index in [1.54, 1.807) is 6.92 Å². The molecule has 0 aromatic carbocycles. The lowest BCUT2D eigenvalue weighted by Crippen LogP contribution is -2.46. The van der Waals surface area contributed by atoms with Gasteiger partial charge in [-0.2, -0.15) is 0 Å². The number of hydrogen-bond acceptors (Lipinski definition) is 3. The van der Waals surface area contributed by atoms with Crippen molar-refractivity contribution in [3.63, 3.8) is 0 Å². The molecule has 0 aromatic rings.